The molecule has 3 heterocycles. The van der Waals surface area contributed by atoms with Crippen LogP contribution in [0.1, 0.15) is 36.8 Å². The number of halogens is 1. The number of aromatic nitrogens is 4. The number of aromatic amines is 1. The topological polar surface area (TPSA) is 135 Å². The molecular weight excluding hydrogens is 665 g/mol. The fraction of sp³-hybridized carbons (Fsp3) is 0.314. The SMILES string of the molecule is CC(C)C(=O)Nc1nc2c(ncn2[C@H]2CN(C(c3ccccc3)(c3ccccc3)c3ccccc3)C[C@@H](CO[P@](=O)(Cl)N(C)C)O2)c(=O)[nH]1. The molecule has 3 aromatic carbocycles. The molecule has 256 valence electrons. The number of imidazole rings is 1. The number of nitrogens with zero attached hydrogens (tertiary/aromatic N) is 5. The Bertz CT molecular complexity index is 1910. The number of morpholine rings is 1. The number of rotatable bonds is 11. The van der Waals surface area contributed by atoms with Gasteiger partial charge in [-0.3, -0.25) is 33.9 Å². The Labute approximate surface area is 289 Å². The fourth-order valence-electron chi connectivity index (χ4n) is 6.17. The zero-order valence-corrected chi connectivity index (χ0v) is 29.3. The van der Waals surface area contributed by atoms with Gasteiger partial charge in [0.2, 0.25) is 11.9 Å². The summed E-state index contributed by atoms with van der Waals surface area (Å²) in [5.41, 5.74) is 2.06. The molecule has 12 nitrogen and oxygen atoms in total. The summed E-state index contributed by atoms with van der Waals surface area (Å²) in [4.78, 5) is 39.5. The maximum atomic E-state index is 13.1. The molecule has 14 heteroatoms. The van der Waals surface area contributed by atoms with Gasteiger partial charge in [-0.1, -0.05) is 105 Å². The van der Waals surface area contributed by atoms with Crippen molar-refractivity contribution >= 4 is 41.1 Å². The van der Waals surface area contributed by atoms with E-state index in [0.717, 1.165) is 16.7 Å². The Kier molecular flexibility index (Phi) is 10.2. The molecule has 0 saturated carbocycles. The highest BCUT2D eigenvalue weighted by Gasteiger charge is 2.47. The van der Waals surface area contributed by atoms with Crippen molar-refractivity contribution < 1.29 is 18.6 Å². The standard InChI is InChI=1S/C35H39ClN7O5P/c1-24(2)32(44)39-34-38-31-30(33(45)40-34)37-23-43(31)29-21-42(20-28(48-29)22-47-49(36,46)41(3)4)35(25-14-8-5-9-15-25,26-16-10-6-11-17-26)27-18-12-7-13-19-27/h5-19,23-24,28-29H,20-22H2,1-4H3,(H2,38,39,40,44,45)/t28-,29+,49+/m0/s1. The number of anilines is 1. The van der Waals surface area contributed by atoms with Gasteiger partial charge in [-0.2, -0.15) is 4.98 Å². The monoisotopic (exact) mass is 703 g/mol. The molecule has 1 aliphatic heterocycles. The number of hydrogen-bond donors (Lipinski definition) is 2. The van der Waals surface area contributed by atoms with Gasteiger partial charge in [-0.25, -0.2) is 9.65 Å². The van der Waals surface area contributed by atoms with Crippen LogP contribution in [0.5, 0.6) is 0 Å². The number of fused-ring (bicyclic) bond motifs is 1. The van der Waals surface area contributed by atoms with Crippen molar-refractivity contribution in [1.29, 1.82) is 0 Å². The van der Waals surface area contributed by atoms with Gasteiger partial charge in [0, 0.05) is 19.0 Å². The third-order valence-electron chi connectivity index (χ3n) is 8.61. The van der Waals surface area contributed by atoms with E-state index in [1.807, 2.05) is 54.6 Å². The largest absolute Gasteiger partial charge is 0.362 e. The summed E-state index contributed by atoms with van der Waals surface area (Å²) in [6.07, 6.45) is 0.120. The van der Waals surface area contributed by atoms with Crippen molar-refractivity contribution in [3.05, 3.63) is 124 Å². The quantitative estimate of drug-likeness (QED) is 0.129. The summed E-state index contributed by atoms with van der Waals surface area (Å²) < 4.78 is 28.6. The van der Waals surface area contributed by atoms with Crippen molar-refractivity contribution in [2.24, 2.45) is 5.92 Å². The first-order valence-electron chi connectivity index (χ1n) is 16.0. The van der Waals surface area contributed by atoms with Gasteiger partial charge in [0.1, 0.15) is 6.23 Å². The number of benzene rings is 3. The van der Waals surface area contributed by atoms with Gasteiger partial charge >= 0.3 is 6.87 Å². The normalized spacial score (nSPS) is 18.5. The average Bonchev–Trinajstić information content (AvgIpc) is 3.54. The average molecular weight is 704 g/mol. The first-order chi connectivity index (χ1) is 23.5. The van der Waals surface area contributed by atoms with Crippen molar-refractivity contribution in [2.45, 2.75) is 31.7 Å². The van der Waals surface area contributed by atoms with E-state index >= 15 is 0 Å². The van der Waals surface area contributed by atoms with Crippen LogP contribution in [0.15, 0.2) is 102 Å². The van der Waals surface area contributed by atoms with Crippen molar-refractivity contribution in [3.8, 4) is 0 Å². The second-order valence-corrected chi connectivity index (χ2v) is 15.6. The highest BCUT2D eigenvalue weighted by molar-refractivity contribution is 7.83. The fourth-order valence-corrected chi connectivity index (χ4v) is 6.92. The highest BCUT2D eigenvalue weighted by atomic mass is 35.7. The second-order valence-electron chi connectivity index (χ2n) is 12.4. The maximum Gasteiger partial charge on any atom is 0.362 e. The van der Waals surface area contributed by atoms with Crippen LogP contribution in [0, 0.1) is 5.92 Å². The number of hydrogen-bond acceptors (Lipinski definition) is 8. The van der Waals surface area contributed by atoms with E-state index in [1.165, 1.54) is 11.0 Å². The van der Waals surface area contributed by atoms with Crippen LogP contribution < -0.4 is 10.9 Å². The molecule has 0 spiro atoms. The number of carbonyl (C=O) groups excluding carboxylic acids is 1. The van der Waals surface area contributed by atoms with Gasteiger partial charge in [0.05, 0.1) is 24.6 Å². The minimum absolute atomic E-state index is 0.00626. The second kappa shape index (κ2) is 14.4. The van der Waals surface area contributed by atoms with Crippen LogP contribution in [-0.2, 0) is 24.2 Å². The molecule has 0 aliphatic carbocycles. The summed E-state index contributed by atoms with van der Waals surface area (Å²) in [5, 5.41) is 2.68. The zero-order valence-electron chi connectivity index (χ0n) is 27.7. The van der Waals surface area contributed by atoms with E-state index in [2.05, 4.69) is 61.6 Å². The maximum absolute atomic E-state index is 13.1. The first-order valence-corrected chi connectivity index (χ1v) is 18.5. The Morgan fingerprint density at radius 1 is 1.02 bits per heavy atom. The van der Waals surface area contributed by atoms with E-state index in [0.29, 0.717) is 13.1 Å². The Balaban J connectivity index is 1.52. The lowest BCUT2D eigenvalue weighted by Gasteiger charge is -2.50. The van der Waals surface area contributed by atoms with E-state index < -0.39 is 30.3 Å². The van der Waals surface area contributed by atoms with Crippen LogP contribution in [0.2, 0.25) is 0 Å². The van der Waals surface area contributed by atoms with Gasteiger partial charge in [0.25, 0.3) is 5.56 Å². The molecule has 2 aromatic heterocycles. The van der Waals surface area contributed by atoms with Gasteiger partial charge < -0.3 is 9.26 Å². The summed E-state index contributed by atoms with van der Waals surface area (Å²) in [5.74, 6) is -0.619. The van der Waals surface area contributed by atoms with Gasteiger partial charge in [0.15, 0.2) is 11.2 Å². The van der Waals surface area contributed by atoms with Crippen molar-refractivity contribution in [2.75, 3.05) is 39.1 Å². The highest BCUT2D eigenvalue weighted by Crippen LogP contribution is 2.54. The minimum Gasteiger partial charge on any atom is -0.350 e. The van der Waals surface area contributed by atoms with Crippen LogP contribution in [0.25, 0.3) is 11.2 Å². The van der Waals surface area contributed by atoms with E-state index in [9.17, 15) is 14.2 Å². The Hall–Kier alpha value is -4.16. The predicted molar refractivity (Wildman–Crippen MR) is 189 cm³/mol. The summed E-state index contributed by atoms with van der Waals surface area (Å²) in [6.45, 7) is 0.450. The first kappa shape index (κ1) is 34.7. The molecule has 49 heavy (non-hydrogen) atoms. The lowest BCUT2D eigenvalue weighted by atomic mass is 9.75. The lowest BCUT2D eigenvalue weighted by molar-refractivity contribution is -0.145. The van der Waals surface area contributed by atoms with E-state index in [1.54, 1.807) is 32.5 Å². The smallest absolute Gasteiger partial charge is 0.350 e. The number of ether oxygens (including phenoxy) is 1. The third kappa shape index (κ3) is 6.98. The molecule has 2 N–H and O–H groups in total. The molecule has 5 aromatic rings. The van der Waals surface area contributed by atoms with E-state index in [4.69, 9.17) is 20.5 Å². The Morgan fingerprint density at radius 2 is 1.57 bits per heavy atom. The van der Waals surface area contributed by atoms with Gasteiger partial charge in [-0.05, 0) is 42.0 Å². The minimum atomic E-state index is -3.63. The zero-order chi connectivity index (χ0) is 34.8. The third-order valence-corrected chi connectivity index (χ3v) is 11.2. The molecule has 0 bridgehead atoms. The molecule has 0 radical (unpaired) electrons. The van der Waals surface area contributed by atoms with Crippen LogP contribution in [0.4, 0.5) is 5.95 Å². The van der Waals surface area contributed by atoms with Gasteiger partial charge in [-0.15, -0.1) is 0 Å². The summed E-state index contributed by atoms with van der Waals surface area (Å²) in [6, 6.07) is 30.7. The number of amides is 1. The molecule has 1 aliphatic rings. The molecular formula is C35H39ClN7O5P. The Morgan fingerprint density at radius 3 is 2.08 bits per heavy atom. The summed E-state index contributed by atoms with van der Waals surface area (Å²) >= 11 is 6.31. The van der Waals surface area contributed by atoms with Crippen molar-refractivity contribution in [1.82, 2.24) is 29.1 Å². The molecule has 1 fully saturated rings. The number of carbonyl (C=O) groups is 1. The van der Waals surface area contributed by atoms with E-state index in [-0.39, 0.29) is 35.5 Å². The molecule has 1 amide bonds. The molecule has 3 atom stereocenters. The van der Waals surface area contributed by atoms with Crippen molar-refractivity contribution in [3.63, 3.8) is 0 Å². The van der Waals surface area contributed by atoms with Crippen LogP contribution in [0.3, 0.4) is 0 Å². The predicted octanol–water partition coefficient (Wildman–Crippen LogP) is 5.83. The molecule has 1 saturated heterocycles. The number of H-pyrrole nitrogens is 1. The molecule has 0 unspecified atom stereocenters. The summed E-state index contributed by atoms with van der Waals surface area (Å²) in [7, 11) is 3.18. The van der Waals surface area contributed by atoms with Crippen LogP contribution in [-0.4, -0.2) is 74.9 Å². The molecule has 6 rings (SSSR count). The lowest BCUT2D eigenvalue weighted by Crippen LogP contribution is -2.57. The number of nitrogens with one attached hydrogen (secondary N) is 2. The van der Waals surface area contributed by atoms with Crippen LogP contribution >= 0.6 is 18.1 Å².